The van der Waals surface area contributed by atoms with E-state index in [1.54, 1.807) is 0 Å². The largest absolute Gasteiger partial charge is 0.356 e. The van der Waals surface area contributed by atoms with Gasteiger partial charge in [-0.15, -0.1) is 0 Å². The van der Waals surface area contributed by atoms with Crippen molar-refractivity contribution >= 4 is 5.95 Å². The highest BCUT2D eigenvalue weighted by Gasteiger charge is 2.28. The minimum absolute atomic E-state index is 0.712. The van der Waals surface area contributed by atoms with E-state index in [-0.39, 0.29) is 0 Å². The summed E-state index contributed by atoms with van der Waals surface area (Å²) >= 11 is 0. The normalized spacial score (nSPS) is 27.1. The molecule has 82 valence electrons. The molecule has 0 bridgehead atoms. The lowest BCUT2D eigenvalue weighted by atomic mass is 9.82. The van der Waals surface area contributed by atoms with Crippen molar-refractivity contribution in [3.05, 3.63) is 12.4 Å². The van der Waals surface area contributed by atoms with Crippen molar-refractivity contribution in [2.24, 2.45) is 5.92 Å². The monoisotopic (exact) mass is 205 g/mol. The SMILES string of the molecule is c1cn2c(n1)NCCC2C1CCCCC1. The number of nitrogens with zero attached hydrogens (tertiary/aromatic N) is 2. The molecule has 3 heteroatoms. The third-order valence-electron chi connectivity index (χ3n) is 3.94. The summed E-state index contributed by atoms with van der Waals surface area (Å²) in [6.45, 7) is 1.10. The summed E-state index contributed by atoms with van der Waals surface area (Å²) in [4.78, 5) is 4.35. The summed E-state index contributed by atoms with van der Waals surface area (Å²) in [5.41, 5.74) is 0. The second kappa shape index (κ2) is 3.87. The predicted molar refractivity (Wildman–Crippen MR) is 60.9 cm³/mol. The topological polar surface area (TPSA) is 29.9 Å². The molecule has 1 saturated carbocycles. The summed E-state index contributed by atoms with van der Waals surface area (Å²) in [5.74, 6) is 1.98. The Morgan fingerprint density at radius 3 is 2.93 bits per heavy atom. The summed E-state index contributed by atoms with van der Waals surface area (Å²) in [6, 6.07) is 0.712. The lowest BCUT2D eigenvalue weighted by Gasteiger charge is -2.34. The molecule has 0 amide bonds. The predicted octanol–water partition coefficient (Wildman–Crippen LogP) is 2.82. The molecule has 1 aliphatic carbocycles. The fourth-order valence-electron chi connectivity index (χ4n) is 3.17. The molecule has 3 rings (SSSR count). The van der Waals surface area contributed by atoms with Crippen molar-refractivity contribution < 1.29 is 0 Å². The average molecular weight is 205 g/mol. The number of hydrogen-bond acceptors (Lipinski definition) is 2. The molecule has 15 heavy (non-hydrogen) atoms. The highest BCUT2D eigenvalue weighted by molar-refractivity contribution is 5.29. The van der Waals surface area contributed by atoms with Crippen LogP contribution in [0.3, 0.4) is 0 Å². The van der Waals surface area contributed by atoms with E-state index in [1.165, 1.54) is 38.5 Å². The second-order valence-electron chi connectivity index (χ2n) is 4.84. The van der Waals surface area contributed by atoms with Crippen LogP contribution in [0.15, 0.2) is 12.4 Å². The van der Waals surface area contributed by atoms with Gasteiger partial charge in [-0.25, -0.2) is 4.98 Å². The molecule has 0 saturated heterocycles. The first kappa shape index (κ1) is 9.25. The zero-order valence-corrected chi connectivity index (χ0v) is 9.15. The number of nitrogens with one attached hydrogen (secondary N) is 1. The number of fused-ring (bicyclic) bond motifs is 1. The zero-order chi connectivity index (χ0) is 10.1. The van der Waals surface area contributed by atoms with Gasteiger partial charge in [-0.2, -0.15) is 0 Å². The van der Waals surface area contributed by atoms with E-state index in [0.717, 1.165) is 18.4 Å². The second-order valence-corrected chi connectivity index (χ2v) is 4.84. The molecular weight excluding hydrogens is 186 g/mol. The van der Waals surface area contributed by atoms with Crippen LogP contribution in [0.25, 0.3) is 0 Å². The van der Waals surface area contributed by atoms with Crippen LogP contribution in [0.5, 0.6) is 0 Å². The summed E-state index contributed by atoms with van der Waals surface area (Å²) in [7, 11) is 0. The van der Waals surface area contributed by atoms with Crippen molar-refractivity contribution in [2.45, 2.75) is 44.6 Å². The molecule has 0 radical (unpaired) electrons. The Bertz CT molecular complexity index is 325. The van der Waals surface area contributed by atoms with Crippen LogP contribution in [0.4, 0.5) is 5.95 Å². The third kappa shape index (κ3) is 1.64. The van der Waals surface area contributed by atoms with Crippen molar-refractivity contribution in [1.29, 1.82) is 0 Å². The zero-order valence-electron chi connectivity index (χ0n) is 9.15. The molecule has 1 N–H and O–H groups in total. The van der Waals surface area contributed by atoms with Crippen molar-refractivity contribution in [3.63, 3.8) is 0 Å². The number of rotatable bonds is 1. The Kier molecular flexibility index (Phi) is 2.39. The molecular formula is C12H19N3. The van der Waals surface area contributed by atoms with Crippen molar-refractivity contribution in [1.82, 2.24) is 9.55 Å². The standard InChI is InChI=1S/C12H19N3/c1-2-4-10(5-3-1)11-6-7-13-12-14-8-9-15(11)12/h8-11H,1-7H2,(H,13,14). The van der Waals surface area contributed by atoms with E-state index in [0.29, 0.717) is 6.04 Å². The lowest BCUT2D eigenvalue weighted by molar-refractivity contribution is 0.236. The fraction of sp³-hybridized carbons (Fsp3) is 0.750. The number of hydrogen-bond donors (Lipinski definition) is 1. The Hall–Kier alpha value is -0.990. The van der Waals surface area contributed by atoms with E-state index in [9.17, 15) is 0 Å². The van der Waals surface area contributed by atoms with Crippen LogP contribution in [0.1, 0.15) is 44.6 Å². The number of anilines is 1. The van der Waals surface area contributed by atoms with Crippen LogP contribution in [0, 0.1) is 5.92 Å². The van der Waals surface area contributed by atoms with Crippen LogP contribution in [-0.2, 0) is 0 Å². The van der Waals surface area contributed by atoms with Crippen LogP contribution < -0.4 is 5.32 Å². The first-order chi connectivity index (χ1) is 7.45. The van der Waals surface area contributed by atoms with E-state index in [4.69, 9.17) is 0 Å². The molecule has 1 atom stereocenters. The molecule has 0 aromatic carbocycles. The third-order valence-corrected chi connectivity index (χ3v) is 3.94. The molecule has 0 spiro atoms. The van der Waals surface area contributed by atoms with Crippen molar-refractivity contribution in [3.8, 4) is 0 Å². The Morgan fingerprint density at radius 1 is 1.20 bits per heavy atom. The Morgan fingerprint density at radius 2 is 2.07 bits per heavy atom. The highest BCUT2D eigenvalue weighted by Crippen LogP contribution is 2.37. The first-order valence-corrected chi connectivity index (χ1v) is 6.22. The van der Waals surface area contributed by atoms with E-state index >= 15 is 0 Å². The van der Waals surface area contributed by atoms with Gasteiger partial charge in [-0.3, -0.25) is 0 Å². The molecule has 1 fully saturated rings. The molecule has 1 aromatic heterocycles. The summed E-state index contributed by atoms with van der Waals surface area (Å²) < 4.78 is 2.36. The maximum Gasteiger partial charge on any atom is 0.203 e. The molecule has 3 nitrogen and oxygen atoms in total. The Balaban J connectivity index is 1.82. The highest BCUT2D eigenvalue weighted by atomic mass is 15.2. The average Bonchev–Trinajstić information content (AvgIpc) is 2.78. The Labute approximate surface area is 90.9 Å². The number of imidazole rings is 1. The first-order valence-electron chi connectivity index (χ1n) is 6.22. The van der Waals surface area contributed by atoms with Gasteiger partial charge in [0.05, 0.1) is 0 Å². The van der Waals surface area contributed by atoms with Crippen LogP contribution in [0.2, 0.25) is 0 Å². The maximum atomic E-state index is 4.35. The van der Waals surface area contributed by atoms with Crippen LogP contribution >= 0.6 is 0 Å². The fourth-order valence-corrected chi connectivity index (χ4v) is 3.17. The van der Waals surface area contributed by atoms with Gasteiger partial charge < -0.3 is 9.88 Å². The quantitative estimate of drug-likeness (QED) is 0.764. The molecule has 1 aliphatic heterocycles. The molecule has 2 heterocycles. The lowest BCUT2D eigenvalue weighted by Crippen LogP contribution is -2.29. The summed E-state index contributed by atoms with van der Waals surface area (Å²) in [5, 5.41) is 3.36. The van der Waals surface area contributed by atoms with Gasteiger partial charge in [-0.1, -0.05) is 19.3 Å². The van der Waals surface area contributed by atoms with Gasteiger partial charge in [0.2, 0.25) is 5.95 Å². The maximum absolute atomic E-state index is 4.35. The minimum Gasteiger partial charge on any atom is -0.356 e. The van der Waals surface area contributed by atoms with Gasteiger partial charge in [0, 0.05) is 25.0 Å². The van der Waals surface area contributed by atoms with Gasteiger partial charge >= 0.3 is 0 Å². The van der Waals surface area contributed by atoms with Gasteiger partial charge in [0.25, 0.3) is 0 Å². The van der Waals surface area contributed by atoms with E-state index in [2.05, 4.69) is 21.1 Å². The molecule has 2 aliphatic rings. The van der Waals surface area contributed by atoms with Crippen LogP contribution in [-0.4, -0.2) is 16.1 Å². The van der Waals surface area contributed by atoms with E-state index in [1.807, 2.05) is 6.20 Å². The van der Waals surface area contributed by atoms with Gasteiger partial charge in [0.15, 0.2) is 0 Å². The smallest absolute Gasteiger partial charge is 0.203 e. The van der Waals surface area contributed by atoms with Gasteiger partial charge in [-0.05, 0) is 25.2 Å². The molecule has 1 aromatic rings. The van der Waals surface area contributed by atoms with E-state index < -0.39 is 0 Å². The minimum atomic E-state index is 0.712. The summed E-state index contributed by atoms with van der Waals surface area (Å²) in [6.07, 6.45) is 12.5. The molecule has 1 unspecified atom stereocenters. The number of aromatic nitrogens is 2. The van der Waals surface area contributed by atoms with Crippen molar-refractivity contribution in [2.75, 3.05) is 11.9 Å². The van der Waals surface area contributed by atoms with Gasteiger partial charge in [0.1, 0.15) is 0 Å².